The number of nitrogens with two attached hydrogens (primary N) is 1. The number of hydrogen-bond acceptors (Lipinski definition) is 3. The average Bonchev–Trinajstić information content (AvgIpc) is 2.49. The van der Waals surface area contributed by atoms with Crippen LogP contribution in [-0.4, -0.2) is 9.97 Å². The van der Waals surface area contributed by atoms with Crippen LogP contribution in [-0.2, 0) is 0 Å². The Hall–Kier alpha value is -2.26. The molecule has 0 aliphatic rings. The highest BCUT2D eigenvalue weighted by atomic mass is 14.8. The molecule has 3 rings (SSSR count). The van der Waals surface area contributed by atoms with Gasteiger partial charge in [-0.05, 0) is 42.7 Å². The smallest absolute Gasteiger partial charge is 0.0890 e. The Labute approximate surface area is 118 Å². The second kappa shape index (κ2) is 5.02. The summed E-state index contributed by atoms with van der Waals surface area (Å²) in [5.74, 6) is 0. The molecule has 0 bridgehead atoms. The first kappa shape index (κ1) is 12.8. The van der Waals surface area contributed by atoms with Gasteiger partial charge in [-0.2, -0.15) is 0 Å². The van der Waals surface area contributed by atoms with Gasteiger partial charge in [0.15, 0.2) is 0 Å². The highest BCUT2D eigenvalue weighted by Gasteiger charge is 2.12. The second-order valence-corrected chi connectivity index (χ2v) is 5.10. The van der Waals surface area contributed by atoms with E-state index in [-0.39, 0.29) is 6.04 Å². The molecule has 2 aromatic carbocycles. The van der Waals surface area contributed by atoms with Gasteiger partial charge < -0.3 is 5.73 Å². The van der Waals surface area contributed by atoms with Gasteiger partial charge in [-0.25, -0.2) is 4.98 Å². The van der Waals surface area contributed by atoms with Crippen molar-refractivity contribution in [1.29, 1.82) is 0 Å². The number of rotatable bonds is 2. The van der Waals surface area contributed by atoms with Gasteiger partial charge >= 0.3 is 0 Å². The van der Waals surface area contributed by atoms with Gasteiger partial charge in [-0.1, -0.05) is 30.3 Å². The molecule has 1 aromatic heterocycles. The van der Waals surface area contributed by atoms with E-state index in [1.807, 2.05) is 24.3 Å². The van der Waals surface area contributed by atoms with Gasteiger partial charge in [0.05, 0.1) is 29.0 Å². The molecule has 3 nitrogen and oxygen atoms in total. The van der Waals surface area contributed by atoms with E-state index >= 15 is 0 Å². The summed E-state index contributed by atoms with van der Waals surface area (Å²) in [6.07, 6.45) is 1.77. The van der Waals surface area contributed by atoms with E-state index in [1.165, 1.54) is 11.1 Å². The quantitative estimate of drug-likeness (QED) is 0.771. The van der Waals surface area contributed by atoms with Gasteiger partial charge in [0.2, 0.25) is 0 Å². The van der Waals surface area contributed by atoms with Crippen LogP contribution in [0.25, 0.3) is 11.0 Å². The van der Waals surface area contributed by atoms with Crippen LogP contribution in [0.15, 0.2) is 48.7 Å². The normalized spacial score (nSPS) is 12.6. The van der Waals surface area contributed by atoms with Crippen LogP contribution in [0.3, 0.4) is 0 Å². The summed E-state index contributed by atoms with van der Waals surface area (Å²) in [6, 6.07) is 13.9. The van der Waals surface area contributed by atoms with E-state index in [0.717, 1.165) is 22.3 Å². The fourth-order valence-electron chi connectivity index (χ4n) is 2.25. The SMILES string of the molecule is Cc1ccc(C(N)c2cnc3ccccc3n2)cc1C. The summed E-state index contributed by atoms with van der Waals surface area (Å²) in [4.78, 5) is 9.04. The summed E-state index contributed by atoms with van der Waals surface area (Å²) in [7, 11) is 0. The molecule has 0 spiro atoms. The van der Waals surface area contributed by atoms with Gasteiger partial charge in [0.25, 0.3) is 0 Å². The van der Waals surface area contributed by atoms with Gasteiger partial charge in [-0.15, -0.1) is 0 Å². The van der Waals surface area contributed by atoms with Crippen molar-refractivity contribution in [3.8, 4) is 0 Å². The second-order valence-electron chi connectivity index (χ2n) is 5.10. The van der Waals surface area contributed by atoms with Crippen LogP contribution in [0.1, 0.15) is 28.4 Å². The van der Waals surface area contributed by atoms with E-state index in [4.69, 9.17) is 5.73 Å². The maximum Gasteiger partial charge on any atom is 0.0890 e. The molecule has 20 heavy (non-hydrogen) atoms. The van der Waals surface area contributed by atoms with E-state index in [1.54, 1.807) is 6.20 Å². The lowest BCUT2D eigenvalue weighted by Gasteiger charge is -2.13. The number of nitrogens with zero attached hydrogens (tertiary/aromatic N) is 2. The van der Waals surface area contributed by atoms with Crippen LogP contribution >= 0.6 is 0 Å². The minimum atomic E-state index is -0.244. The third kappa shape index (κ3) is 2.28. The molecule has 3 aromatic rings. The topological polar surface area (TPSA) is 51.8 Å². The van der Waals surface area contributed by atoms with Gasteiger partial charge in [-0.3, -0.25) is 4.98 Å². The molecular formula is C17H17N3. The standard InChI is InChI=1S/C17H17N3/c1-11-7-8-13(9-12(11)2)17(18)16-10-19-14-5-3-4-6-15(14)20-16/h3-10,17H,18H2,1-2H3. The number of benzene rings is 2. The van der Waals surface area contributed by atoms with Crippen molar-refractivity contribution in [2.75, 3.05) is 0 Å². The Balaban J connectivity index is 2.02. The zero-order valence-corrected chi connectivity index (χ0v) is 11.7. The molecule has 0 aliphatic heterocycles. The largest absolute Gasteiger partial charge is 0.319 e. The van der Waals surface area contributed by atoms with Crippen molar-refractivity contribution in [2.24, 2.45) is 5.73 Å². The molecule has 1 atom stereocenters. The van der Waals surface area contributed by atoms with Crippen molar-refractivity contribution >= 4 is 11.0 Å². The van der Waals surface area contributed by atoms with Crippen molar-refractivity contribution in [3.05, 3.63) is 71.0 Å². The molecule has 100 valence electrons. The lowest BCUT2D eigenvalue weighted by Crippen LogP contribution is -2.14. The van der Waals surface area contributed by atoms with Crippen LogP contribution < -0.4 is 5.73 Å². The van der Waals surface area contributed by atoms with E-state index in [2.05, 4.69) is 42.0 Å². The lowest BCUT2D eigenvalue weighted by atomic mass is 10.00. The molecule has 0 radical (unpaired) electrons. The number of para-hydroxylation sites is 2. The summed E-state index contributed by atoms with van der Waals surface area (Å²) < 4.78 is 0. The highest BCUT2D eigenvalue weighted by Crippen LogP contribution is 2.21. The van der Waals surface area contributed by atoms with Crippen LogP contribution in [0.2, 0.25) is 0 Å². The third-order valence-corrected chi connectivity index (χ3v) is 3.68. The Morgan fingerprint density at radius 2 is 1.70 bits per heavy atom. The molecule has 0 fully saturated rings. The Bertz CT molecular complexity index is 765. The van der Waals surface area contributed by atoms with Gasteiger partial charge in [0.1, 0.15) is 0 Å². The Morgan fingerprint density at radius 1 is 0.950 bits per heavy atom. The lowest BCUT2D eigenvalue weighted by molar-refractivity contribution is 0.826. The molecule has 3 heteroatoms. The fourth-order valence-corrected chi connectivity index (χ4v) is 2.25. The van der Waals surface area contributed by atoms with Crippen LogP contribution in [0, 0.1) is 13.8 Å². The predicted octanol–water partition coefficient (Wildman–Crippen LogP) is 3.29. The maximum absolute atomic E-state index is 6.32. The van der Waals surface area contributed by atoms with Crippen LogP contribution in [0.5, 0.6) is 0 Å². The van der Waals surface area contributed by atoms with Crippen molar-refractivity contribution in [3.63, 3.8) is 0 Å². The first-order valence-corrected chi connectivity index (χ1v) is 6.69. The predicted molar refractivity (Wildman–Crippen MR) is 81.5 cm³/mol. The number of aryl methyl sites for hydroxylation is 2. The zero-order chi connectivity index (χ0) is 14.1. The Morgan fingerprint density at radius 3 is 2.45 bits per heavy atom. The first-order chi connectivity index (χ1) is 9.65. The monoisotopic (exact) mass is 263 g/mol. The molecule has 0 amide bonds. The summed E-state index contributed by atoms with van der Waals surface area (Å²) in [6.45, 7) is 4.19. The van der Waals surface area contributed by atoms with E-state index in [9.17, 15) is 0 Å². The van der Waals surface area contributed by atoms with Gasteiger partial charge in [0, 0.05) is 0 Å². The molecular weight excluding hydrogens is 246 g/mol. The third-order valence-electron chi connectivity index (χ3n) is 3.68. The molecule has 0 aliphatic carbocycles. The summed E-state index contributed by atoms with van der Waals surface area (Å²) in [5.41, 5.74) is 12.5. The first-order valence-electron chi connectivity index (χ1n) is 6.69. The highest BCUT2D eigenvalue weighted by molar-refractivity contribution is 5.73. The molecule has 0 saturated carbocycles. The van der Waals surface area contributed by atoms with Crippen molar-refractivity contribution in [2.45, 2.75) is 19.9 Å². The van der Waals surface area contributed by atoms with E-state index < -0.39 is 0 Å². The summed E-state index contributed by atoms with van der Waals surface area (Å²) >= 11 is 0. The number of aromatic nitrogens is 2. The van der Waals surface area contributed by atoms with Crippen molar-refractivity contribution < 1.29 is 0 Å². The number of fused-ring (bicyclic) bond motifs is 1. The molecule has 2 N–H and O–H groups in total. The van der Waals surface area contributed by atoms with Crippen molar-refractivity contribution in [1.82, 2.24) is 9.97 Å². The zero-order valence-electron chi connectivity index (χ0n) is 11.7. The molecule has 1 heterocycles. The maximum atomic E-state index is 6.32. The van der Waals surface area contributed by atoms with E-state index in [0.29, 0.717) is 0 Å². The average molecular weight is 263 g/mol. The van der Waals surface area contributed by atoms with Crippen LogP contribution in [0.4, 0.5) is 0 Å². The Kier molecular flexibility index (Phi) is 3.20. The molecule has 0 saturated heterocycles. The fraction of sp³-hybridized carbons (Fsp3) is 0.176. The summed E-state index contributed by atoms with van der Waals surface area (Å²) in [5, 5.41) is 0. The number of hydrogen-bond donors (Lipinski definition) is 1. The minimum Gasteiger partial charge on any atom is -0.319 e. The molecule has 1 unspecified atom stereocenters. The minimum absolute atomic E-state index is 0.244.